The number of nitrogens with one attached hydrogen (secondary N) is 1. The summed E-state index contributed by atoms with van der Waals surface area (Å²) in [5, 5.41) is 9.78. The first-order chi connectivity index (χ1) is 12.5. The molecule has 0 atom stereocenters. The number of aromatic nitrogens is 2. The van der Waals surface area contributed by atoms with Crippen molar-refractivity contribution < 1.29 is 27.5 Å². The van der Waals surface area contributed by atoms with Crippen LogP contribution in [0.25, 0.3) is 11.5 Å². The van der Waals surface area contributed by atoms with E-state index in [1.54, 1.807) is 18.2 Å². The number of amides is 1. The second-order valence-corrected chi connectivity index (χ2v) is 5.06. The van der Waals surface area contributed by atoms with Crippen LogP contribution in [0.4, 0.5) is 14.8 Å². The highest BCUT2D eigenvalue weighted by Crippen LogP contribution is 2.33. The molecular weight excluding hydrogens is 348 g/mol. The number of benzene rings is 2. The molecule has 26 heavy (non-hydrogen) atoms. The van der Waals surface area contributed by atoms with Crippen LogP contribution >= 0.6 is 0 Å². The molecule has 1 amide bonds. The molecule has 0 aliphatic rings. The van der Waals surface area contributed by atoms with Gasteiger partial charge in [0.05, 0.1) is 25.3 Å². The van der Waals surface area contributed by atoms with E-state index in [2.05, 4.69) is 15.5 Å². The lowest BCUT2D eigenvalue weighted by Gasteiger charge is -2.07. The highest BCUT2D eigenvalue weighted by atomic mass is 19.1. The topological polar surface area (TPSA) is 86.5 Å². The number of carbonyl (C=O) groups excluding carboxylic acids is 1. The molecule has 2 aromatic carbocycles. The van der Waals surface area contributed by atoms with Crippen LogP contribution in [0.1, 0.15) is 10.4 Å². The summed E-state index contributed by atoms with van der Waals surface area (Å²) in [4.78, 5) is 12.1. The Labute approximate surface area is 146 Å². The fourth-order valence-corrected chi connectivity index (χ4v) is 2.20. The van der Waals surface area contributed by atoms with Crippen LogP contribution in [0, 0.1) is 11.6 Å². The third-order valence-electron chi connectivity index (χ3n) is 3.46. The van der Waals surface area contributed by atoms with E-state index >= 15 is 0 Å². The zero-order chi connectivity index (χ0) is 18.7. The molecule has 3 rings (SSSR count). The van der Waals surface area contributed by atoms with Gasteiger partial charge in [0.2, 0.25) is 0 Å². The molecule has 0 saturated heterocycles. The second kappa shape index (κ2) is 7.18. The van der Waals surface area contributed by atoms with Crippen molar-refractivity contribution in [2.75, 3.05) is 19.5 Å². The zero-order valence-electron chi connectivity index (χ0n) is 13.7. The average molecular weight is 361 g/mol. The summed E-state index contributed by atoms with van der Waals surface area (Å²) in [5.74, 6) is -1.55. The second-order valence-electron chi connectivity index (χ2n) is 5.06. The third kappa shape index (κ3) is 3.46. The van der Waals surface area contributed by atoms with Gasteiger partial charge >= 0.3 is 6.01 Å². The van der Waals surface area contributed by atoms with E-state index in [0.717, 1.165) is 12.1 Å². The van der Waals surface area contributed by atoms with Crippen LogP contribution in [0.15, 0.2) is 40.8 Å². The summed E-state index contributed by atoms with van der Waals surface area (Å²) in [6, 6.07) is 7.31. The summed E-state index contributed by atoms with van der Waals surface area (Å²) >= 11 is 0. The van der Waals surface area contributed by atoms with Crippen molar-refractivity contribution in [2.45, 2.75) is 0 Å². The van der Waals surface area contributed by atoms with Gasteiger partial charge in [-0.1, -0.05) is 5.10 Å². The fourth-order valence-electron chi connectivity index (χ4n) is 2.20. The van der Waals surface area contributed by atoms with E-state index in [1.165, 1.54) is 14.2 Å². The summed E-state index contributed by atoms with van der Waals surface area (Å²) in [5.41, 5.74) is 0.127. The fraction of sp³-hybridized carbons (Fsp3) is 0.118. The first kappa shape index (κ1) is 17.3. The van der Waals surface area contributed by atoms with Crippen molar-refractivity contribution in [3.63, 3.8) is 0 Å². The smallest absolute Gasteiger partial charge is 0.322 e. The van der Waals surface area contributed by atoms with E-state index in [0.29, 0.717) is 23.1 Å². The lowest BCUT2D eigenvalue weighted by Crippen LogP contribution is -2.14. The minimum Gasteiger partial charge on any atom is -0.497 e. The average Bonchev–Trinajstić information content (AvgIpc) is 3.09. The van der Waals surface area contributed by atoms with Crippen molar-refractivity contribution in [3.8, 4) is 23.0 Å². The van der Waals surface area contributed by atoms with Crippen LogP contribution in [0.3, 0.4) is 0 Å². The molecule has 9 heteroatoms. The molecule has 7 nitrogen and oxygen atoms in total. The monoisotopic (exact) mass is 361 g/mol. The first-order valence-corrected chi connectivity index (χ1v) is 7.34. The number of hydrogen-bond donors (Lipinski definition) is 1. The highest BCUT2D eigenvalue weighted by molar-refractivity contribution is 6.03. The van der Waals surface area contributed by atoms with Crippen molar-refractivity contribution in [2.24, 2.45) is 0 Å². The van der Waals surface area contributed by atoms with E-state index in [-0.39, 0.29) is 17.5 Å². The number of halogens is 2. The maximum absolute atomic E-state index is 13.6. The number of anilines is 1. The van der Waals surface area contributed by atoms with Crippen LogP contribution < -0.4 is 14.8 Å². The number of methoxy groups -OCH3 is 2. The van der Waals surface area contributed by atoms with Crippen molar-refractivity contribution in [3.05, 3.63) is 53.6 Å². The van der Waals surface area contributed by atoms with Crippen molar-refractivity contribution in [1.29, 1.82) is 0 Å². The van der Waals surface area contributed by atoms with Gasteiger partial charge in [-0.05, 0) is 24.3 Å². The molecule has 134 valence electrons. The standard InChI is InChI=1S/C17H13F2N3O4/c1-24-10-4-6-12(14(8-10)25-2)16-21-22-17(26-16)20-15(23)11-5-3-9(18)7-13(11)19/h3-8H,1-2H3,(H,20,22,23). The lowest BCUT2D eigenvalue weighted by atomic mass is 10.2. The molecule has 1 aromatic heterocycles. The van der Waals surface area contributed by atoms with Crippen LogP contribution in [0.2, 0.25) is 0 Å². The lowest BCUT2D eigenvalue weighted by molar-refractivity contribution is 0.102. The Hall–Kier alpha value is -3.49. The molecule has 0 saturated carbocycles. The van der Waals surface area contributed by atoms with Gasteiger partial charge in [-0.3, -0.25) is 10.1 Å². The Bertz CT molecular complexity index is 959. The van der Waals surface area contributed by atoms with Crippen LogP contribution in [-0.2, 0) is 0 Å². The van der Waals surface area contributed by atoms with Gasteiger partial charge in [-0.15, -0.1) is 5.10 Å². The molecule has 0 radical (unpaired) electrons. The molecule has 0 bridgehead atoms. The van der Waals surface area contributed by atoms with E-state index < -0.39 is 17.5 Å². The molecule has 3 aromatic rings. The predicted octanol–water partition coefficient (Wildman–Crippen LogP) is 3.28. The van der Waals surface area contributed by atoms with E-state index in [4.69, 9.17) is 13.9 Å². The van der Waals surface area contributed by atoms with Crippen molar-refractivity contribution >= 4 is 11.9 Å². The number of hydrogen-bond acceptors (Lipinski definition) is 6. The molecule has 1 heterocycles. The van der Waals surface area contributed by atoms with Gasteiger partial charge in [0, 0.05) is 12.1 Å². The van der Waals surface area contributed by atoms with Gasteiger partial charge in [-0.2, -0.15) is 0 Å². The summed E-state index contributed by atoms with van der Waals surface area (Å²) in [6.45, 7) is 0. The van der Waals surface area contributed by atoms with Gasteiger partial charge in [0.1, 0.15) is 23.1 Å². The first-order valence-electron chi connectivity index (χ1n) is 7.34. The highest BCUT2D eigenvalue weighted by Gasteiger charge is 2.18. The Balaban J connectivity index is 1.83. The molecule has 0 fully saturated rings. The molecule has 1 N–H and O–H groups in total. The zero-order valence-corrected chi connectivity index (χ0v) is 13.7. The Kier molecular flexibility index (Phi) is 4.78. The number of nitrogens with zero attached hydrogens (tertiary/aromatic N) is 2. The van der Waals surface area contributed by atoms with Gasteiger partial charge in [0.15, 0.2) is 0 Å². The molecule has 0 aliphatic carbocycles. The van der Waals surface area contributed by atoms with Gasteiger partial charge < -0.3 is 13.9 Å². The number of ether oxygens (including phenoxy) is 2. The molecular formula is C17H13F2N3O4. The van der Waals surface area contributed by atoms with Gasteiger partial charge in [-0.25, -0.2) is 8.78 Å². The Morgan fingerprint density at radius 2 is 1.88 bits per heavy atom. The quantitative estimate of drug-likeness (QED) is 0.750. The maximum atomic E-state index is 13.6. The maximum Gasteiger partial charge on any atom is 0.322 e. The molecule has 0 unspecified atom stereocenters. The van der Waals surface area contributed by atoms with Gasteiger partial charge in [0.25, 0.3) is 11.8 Å². The van der Waals surface area contributed by atoms with E-state index in [9.17, 15) is 13.6 Å². The molecule has 0 spiro atoms. The summed E-state index contributed by atoms with van der Waals surface area (Å²) in [7, 11) is 2.98. The third-order valence-corrected chi connectivity index (χ3v) is 3.46. The normalized spacial score (nSPS) is 10.5. The largest absolute Gasteiger partial charge is 0.497 e. The minimum atomic E-state index is -1.00. The SMILES string of the molecule is COc1ccc(-c2nnc(NC(=O)c3ccc(F)cc3F)o2)c(OC)c1. The summed E-state index contributed by atoms with van der Waals surface area (Å²) in [6.07, 6.45) is 0. The minimum absolute atomic E-state index is 0.0828. The number of rotatable bonds is 5. The molecule has 0 aliphatic heterocycles. The predicted molar refractivity (Wildman–Crippen MR) is 87.1 cm³/mol. The van der Waals surface area contributed by atoms with Crippen molar-refractivity contribution in [1.82, 2.24) is 10.2 Å². The Morgan fingerprint density at radius 3 is 2.58 bits per heavy atom. The Morgan fingerprint density at radius 1 is 1.08 bits per heavy atom. The van der Waals surface area contributed by atoms with E-state index in [1.807, 2.05) is 0 Å². The van der Waals surface area contributed by atoms with Crippen LogP contribution in [0.5, 0.6) is 11.5 Å². The van der Waals surface area contributed by atoms with Crippen LogP contribution in [-0.4, -0.2) is 30.3 Å². The number of carbonyl (C=O) groups is 1. The summed E-state index contributed by atoms with van der Waals surface area (Å²) < 4.78 is 42.3.